The van der Waals surface area contributed by atoms with Crippen molar-refractivity contribution in [3.8, 4) is 11.1 Å². The van der Waals surface area contributed by atoms with Gasteiger partial charge in [0.25, 0.3) is 0 Å². The molecule has 1 aliphatic heterocycles. The second-order valence-electron chi connectivity index (χ2n) is 10.1. The van der Waals surface area contributed by atoms with Crippen molar-refractivity contribution < 1.29 is 18.7 Å². The van der Waals surface area contributed by atoms with Crippen molar-refractivity contribution in [3.05, 3.63) is 58.1 Å². The van der Waals surface area contributed by atoms with Crippen molar-refractivity contribution in [2.75, 3.05) is 43.9 Å². The fourth-order valence-electron chi connectivity index (χ4n) is 5.64. The molecule has 4 aromatic heterocycles. The van der Waals surface area contributed by atoms with E-state index in [1.54, 1.807) is 42.0 Å². The van der Waals surface area contributed by atoms with Crippen LogP contribution in [0.4, 0.5) is 20.2 Å². The molecule has 6 rings (SSSR count). The molecular weight excluding hydrogens is 520 g/mol. The van der Waals surface area contributed by atoms with Gasteiger partial charge in [0.15, 0.2) is 11.6 Å². The van der Waals surface area contributed by atoms with Crippen molar-refractivity contribution in [1.82, 2.24) is 24.8 Å². The summed E-state index contributed by atoms with van der Waals surface area (Å²) in [5, 5.41) is 16.7. The van der Waals surface area contributed by atoms with Crippen molar-refractivity contribution in [1.29, 1.82) is 0 Å². The quantitative estimate of drug-likeness (QED) is 0.250. The molecule has 12 heteroatoms. The number of nitrogens with zero attached hydrogens (tertiary/aromatic N) is 4. The van der Waals surface area contributed by atoms with Crippen molar-refractivity contribution in [3.63, 3.8) is 0 Å². The number of aromatic carboxylic acids is 1. The summed E-state index contributed by atoms with van der Waals surface area (Å²) >= 11 is 0. The lowest BCUT2D eigenvalue weighted by Gasteiger charge is -2.20. The molecule has 206 valence electrons. The van der Waals surface area contributed by atoms with Crippen molar-refractivity contribution in [2.24, 2.45) is 0 Å². The summed E-state index contributed by atoms with van der Waals surface area (Å²) < 4.78 is 31.8. The molecule has 10 nitrogen and oxygen atoms in total. The van der Waals surface area contributed by atoms with Crippen LogP contribution in [0, 0.1) is 11.6 Å². The lowest BCUT2D eigenvalue weighted by molar-refractivity contribution is 0.0694. The first kappa shape index (κ1) is 25.7. The van der Waals surface area contributed by atoms with E-state index in [0.717, 1.165) is 19.0 Å². The molecule has 0 radical (unpaired) electrons. The summed E-state index contributed by atoms with van der Waals surface area (Å²) in [7, 11) is 3.55. The summed E-state index contributed by atoms with van der Waals surface area (Å²) in [6.45, 7) is 3.76. The van der Waals surface area contributed by atoms with Gasteiger partial charge in [-0.25, -0.2) is 23.5 Å². The molecule has 0 amide bonds. The van der Waals surface area contributed by atoms with Crippen LogP contribution < -0.4 is 21.0 Å². The van der Waals surface area contributed by atoms with Gasteiger partial charge in [0.2, 0.25) is 5.43 Å². The molecule has 1 aliphatic rings. The van der Waals surface area contributed by atoms with Gasteiger partial charge in [-0.15, -0.1) is 0 Å². The van der Waals surface area contributed by atoms with Gasteiger partial charge in [0, 0.05) is 69.0 Å². The number of fused-ring (bicyclic) bond motifs is 4. The minimum atomic E-state index is -1.32. The second kappa shape index (κ2) is 9.56. The summed E-state index contributed by atoms with van der Waals surface area (Å²) in [6.07, 6.45) is 5.30. The van der Waals surface area contributed by atoms with Crippen LogP contribution in [-0.4, -0.2) is 64.3 Å². The first-order valence-corrected chi connectivity index (χ1v) is 12.9. The largest absolute Gasteiger partial charge is 0.477 e. The minimum absolute atomic E-state index is 0.0510. The topological polar surface area (TPSA) is 128 Å². The molecular formula is C28H27F2N7O3. The number of anilines is 2. The van der Waals surface area contributed by atoms with E-state index in [2.05, 4.69) is 25.6 Å². The second-order valence-corrected chi connectivity index (χ2v) is 10.1. The molecule has 0 saturated carbocycles. The van der Waals surface area contributed by atoms with Gasteiger partial charge < -0.3 is 30.2 Å². The SMILES string of the molecule is CCNc1cc(F)c(F)c2c1[nH]c1ncc(-c3cnc4c(c3)c(=O)c(C(=O)O)cn4C3CCNC3)c(N(C)C)c12. The van der Waals surface area contributed by atoms with Gasteiger partial charge in [0.05, 0.1) is 33.1 Å². The Labute approximate surface area is 226 Å². The molecule has 1 saturated heterocycles. The number of benzene rings is 1. The van der Waals surface area contributed by atoms with Crippen LogP contribution in [-0.2, 0) is 0 Å². The Bertz CT molecular complexity index is 1890. The summed E-state index contributed by atoms with van der Waals surface area (Å²) in [5.41, 5.74) is 2.11. The van der Waals surface area contributed by atoms with Gasteiger partial charge in [-0.05, 0) is 26.0 Å². The van der Waals surface area contributed by atoms with Gasteiger partial charge in [-0.1, -0.05) is 0 Å². The van der Waals surface area contributed by atoms with Crippen molar-refractivity contribution in [2.45, 2.75) is 19.4 Å². The minimum Gasteiger partial charge on any atom is -0.477 e. The van der Waals surface area contributed by atoms with Crippen LogP contribution in [0.15, 0.2) is 35.5 Å². The van der Waals surface area contributed by atoms with E-state index < -0.39 is 23.0 Å². The van der Waals surface area contributed by atoms with Crippen molar-refractivity contribution >= 4 is 50.3 Å². The number of carboxylic acid groups (broad SMARTS) is 1. The van der Waals surface area contributed by atoms with E-state index >= 15 is 4.39 Å². The number of aromatic nitrogens is 4. The molecule has 5 heterocycles. The molecule has 5 aromatic rings. The number of H-pyrrole nitrogens is 1. The Balaban J connectivity index is 1.66. The molecule has 1 atom stereocenters. The molecule has 1 aromatic carbocycles. The maximum Gasteiger partial charge on any atom is 0.341 e. The predicted octanol–water partition coefficient (Wildman–Crippen LogP) is 4.10. The maximum absolute atomic E-state index is 15.3. The summed E-state index contributed by atoms with van der Waals surface area (Å²) in [5.74, 6) is -3.31. The number of pyridine rings is 3. The molecule has 0 bridgehead atoms. The zero-order valence-electron chi connectivity index (χ0n) is 22.1. The van der Waals surface area contributed by atoms with E-state index in [4.69, 9.17) is 0 Å². The van der Waals surface area contributed by atoms with Gasteiger partial charge >= 0.3 is 5.97 Å². The third kappa shape index (κ3) is 3.86. The molecule has 1 unspecified atom stereocenters. The van der Waals surface area contributed by atoms with Gasteiger partial charge in [-0.2, -0.15) is 0 Å². The van der Waals surface area contributed by atoms with Crippen LogP contribution >= 0.6 is 0 Å². The van der Waals surface area contributed by atoms with E-state index in [-0.39, 0.29) is 22.4 Å². The zero-order chi connectivity index (χ0) is 28.3. The average Bonchev–Trinajstić information content (AvgIpc) is 3.60. The van der Waals surface area contributed by atoms with Crippen LogP contribution in [0.2, 0.25) is 0 Å². The lowest BCUT2D eigenvalue weighted by atomic mass is 10.0. The molecule has 1 fully saturated rings. The first-order valence-electron chi connectivity index (χ1n) is 12.9. The number of aromatic amines is 1. The Kier molecular flexibility index (Phi) is 6.14. The Morgan fingerprint density at radius 1 is 1.23 bits per heavy atom. The highest BCUT2D eigenvalue weighted by molar-refractivity contribution is 6.18. The molecule has 0 spiro atoms. The number of carboxylic acids is 1. The molecule has 4 N–H and O–H groups in total. The number of halogens is 2. The number of rotatable bonds is 6. The first-order chi connectivity index (χ1) is 19.2. The zero-order valence-corrected chi connectivity index (χ0v) is 22.1. The Morgan fingerprint density at radius 2 is 2.02 bits per heavy atom. The number of carbonyl (C=O) groups is 1. The predicted molar refractivity (Wildman–Crippen MR) is 150 cm³/mol. The van der Waals surface area contributed by atoms with E-state index in [1.807, 2.05) is 6.92 Å². The van der Waals surface area contributed by atoms with E-state index in [9.17, 15) is 19.1 Å². The van der Waals surface area contributed by atoms with Gasteiger partial charge in [-0.3, -0.25) is 4.79 Å². The average molecular weight is 548 g/mol. The summed E-state index contributed by atoms with van der Waals surface area (Å²) in [6, 6.07) is 2.66. The normalized spacial score (nSPS) is 15.4. The third-order valence-corrected chi connectivity index (χ3v) is 7.42. The molecule has 40 heavy (non-hydrogen) atoms. The fourth-order valence-corrected chi connectivity index (χ4v) is 5.64. The number of hydrogen-bond acceptors (Lipinski definition) is 7. The van der Waals surface area contributed by atoms with Crippen LogP contribution in [0.5, 0.6) is 0 Å². The number of hydrogen-bond donors (Lipinski definition) is 4. The lowest BCUT2D eigenvalue weighted by Crippen LogP contribution is -2.23. The third-order valence-electron chi connectivity index (χ3n) is 7.42. The van der Waals surface area contributed by atoms with E-state index in [1.165, 1.54) is 6.20 Å². The Hall–Kier alpha value is -4.58. The van der Waals surface area contributed by atoms with E-state index in [0.29, 0.717) is 57.8 Å². The highest BCUT2D eigenvalue weighted by atomic mass is 19.2. The van der Waals surface area contributed by atoms with Crippen LogP contribution in [0.3, 0.4) is 0 Å². The highest BCUT2D eigenvalue weighted by Gasteiger charge is 2.26. The Morgan fingerprint density at radius 3 is 2.70 bits per heavy atom. The van der Waals surface area contributed by atoms with Crippen LogP contribution in [0.25, 0.3) is 44.1 Å². The standard InChI is InChI=1S/C28H27F2N7O3/c1-4-32-19-8-18(29)22(30)20-21-24(36(2)3)16(11-33-26(21)35-23(19)20)13-7-15-25(38)17(28(39)40)12-37(27(15)34-9-13)14-5-6-31-10-14/h7-9,11-12,14,31-32H,4-6,10H2,1-3H3,(H,33,35)(H,39,40). The van der Waals surface area contributed by atoms with Gasteiger partial charge in [0.1, 0.15) is 16.9 Å². The fraction of sp³-hybridized carbons (Fsp3) is 0.286. The summed E-state index contributed by atoms with van der Waals surface area (Å²) in [4.78, 5) is 39.3. The monoisotopic (exact) mass is 547 g/mol. The smallest absolute Gasteiger partial charge is 0.341 e. The number of nitrogens with one attached hydrogen (secondary N) is 3. The highest BCUT2D eigenvalue weighted by Crippen LogP contribution is 2.42. The maximum atomic E-state index is 15.3. The molecule has 0 aliphatic carbocycles. The van der Waals surface area contributed by atoms with Crippen LogP contribution in [0.1, 0.15) is 29.7 Å².